The number of Topliss-reactive ketones (excluding diaryl/α,β-unsaturated/α-hetero) is 1. The van der Waals surface area contributed by atoms with Crippen molar-refractivity contribution in [3.05, 3.63) is 46.7 Å². The molecular formula is C15H12O5. The number of ether oxygens (including phenoxy) is 1. The van der Waals surface area contributed by atoms with Crippen LogP contribution in [0.5, 0.6) is 11.5 Å². The second-order valence-corrected chi connectivity index (χ2v) is 4.98. The summed E-state index contributed by atoms with van der Waals surface area (Å²) >= 11 is 0. The molecule has 1 aliphatic heterocycles. The predicted octanol–water partition coefficient (Wildman–Crippen LogP) is 1.99. The fourth-order valence-corrected chi connectivity index (χ4v) is 2.60. The number of fused-ring (bicyclic) bond motifs is 1. The summed E-state index contributed by atoms with van der Waals surface area (Å²) in [4.78, 5) is 24.8. The number of aliphatic hydroxyl groups is 1. The topological polar surface area (TPSA) is 83.8 Å². The molecule has 0 saturated carbocycles. The first kappa shape index (κ1) is 12.5. The average Bonchev–Trinajstić information content (AvgIpc) is 2.66. The van der Waals surface area contributed by atoms with Crippen LogP contribution in [0.4, 0.5) is 0 Å². The first-order valence-electron chi connectivity index (χ1n) is 6.08. The van der Waals surface area contributed by atoms with Gasteiger partial charge in [0, 0.05) is 5.57 Å². The number of hydrogen-bond donors (Lipinski definition) is 2. The molecule has 2 N–H and O–H groups in total. The number of hydrogen-bond acceptors (Lipinski definition) is 5. The van der Waals surface area contributed by atoms with E-state index in [1.807, 2.05) is 0 Å². The van der Waals surface area contributed by atoms with Crippen LogP contribution < -0.4 is 4.74 Å². The van der Waals surface area contributed by atoms with Crippen molar-refractivity contribution in [2.45, 2.75) is 19.4 Å². The van der Waals surface area contributed by atoms with E-state index < -0.39 is 17.2 Å². The number of phenolic OH excluding ortho intramolecular Hbond substituents is 1. The molecule has 102 valence electrons. The number of ketones is 2. The Bertz CT molecular complexity index is 726. The van der Waals surface area contributed by atoms with E-state index in [0.29, 0.717) is 5.56 Å². The highest BCUT2D eigenvalue weighted by molar-refractivity contribution is 6.27. The summed E-state index contributed by atoms with van der Waals surface area (Å²) in [6.45, 7) is 3.20. The molecule has 0 aromatic heterocycles. The largest absolute Gasteiger partial charge is 0.508 e. The lowest BCUT2D eigenvalue weighted by molar-refractivity contribution is -0.123. The third-order valence-electron chi connectivity index (χ3n) is 3.69. The number of aryl methyl sites for hydroxylation is 1. The Balaban J connectivity index is 2.26. The number of carbonyl (C=O) groups excluding carboxylic acids is 2. The van der Waals surface area contributed by atoms with Crippen LogP contribution in [0.2, 0.25) is 0 Å². The number of allylic oxidation sites excluding steroid dienone is 1. The number of aromatic hydroxyl groups is 1. The van der Waals surface area contributed by atoms with E-state index in [9.17, 15) is 19.8 Å². The second kappa shape index (κ2) is 3.72. The van der Waals surface area contributed by atoms with E-state index in [1.54, 1.807) is 13.0 Å². The van der Waals surface area contributed by atoms with E-state index >= 15 is 0 Å². The van der Waals surface area contributed by atoms with Gasteiger partial charge in [-0.05, 0) is 43.7 Å². The van der Waals surface area contributed by atoms with Crippen molar-refractivity contribution in [3.8, 4) is 11.5 Å². The smallest absolute Gasteiger partial charge is 0.257 e. The van der Waals surface area contributed by atoms with Crippen molar-refractivity contribution in [1.29, 1.82) is 0 Å². The number of rotatable bonds is 0. The van der Waals surface area contributed by atoms with Gasteiger partial charge in [0.15, 0.2) is 0 Å². The number of benzene rings is 1. The molecule has 20 heavy (non-hydrogen) atoms. The van der Waals surface area contributed by atoms with Crippen LogP contribution >= 0.6 is 0 Å². The summed E-state index contributed by atoms with van der Waals surface area (Å²) in [5, 5.41) is 19.7. The van der Waals surface area contributed by atoms with E-state index in [2.05, 4.69) is 0 Å². The Morgan fingerprint density at radius 1 is 1.10 bits per heavy atom. The van der Waals surface area contributed by atoms with Gasteiger partial charge in [0.2, 0.25) is 11.6 Å². The summed E-state index contributed by atoms with van der Waals surface area (Å²) in [6.07, 6.45) is 2.34. The molecule has 3 rings (SSSR count). The van der Waals surface area contributed by atoms with Gasteiger partial charge in [-0.1, -0.05) is 0 Å². The molecule has 1 unspecified atom stereocenters. The van der Waals surface area contributed by atoms with Crippen LogP contribution in [-0.2, 0) is 4.79 Å². The van der Waals surface area contributed by atoms with Gasteiger partial charge in [0.1, 0.15) is 22.8 Å². The molecule has 0 amide bonds. The van der Waals surface area contributed by atoms with Crippen molar-refractivity contribution < 1.29 is 24.5 Å². The predicted molar refractivity (Wildman–Crippen MR) is 70.0 cm³/mol. The molecule has 5 nitrogen and oxygen atoms in total. The molecular weight excluding hydrogens is 260 g/mol. The molecule has 1 aromatic rings. The molecule has 0 radical (unpaired) electrons. The number of aliphatic hydroxyl groups excluding tert-OH is 1. The lowest BCUT2D eigenvalue weighted by atomic mass is 9.81. The van der Waals surface area contributed by atoms with Crippen molar-refractivity contribution in [1.82, 2.24) is 0 Å². The number of phenols is 1. The molecule has 2 aliphatic rings. The Hall–Kier alpha value is -2.56. The van der Waals surface area contributed by atoms with Crippen molar-refractivity contribution in [2.75, 3.05) is 0 Å². The highest BCUT2D eigenvalue weighted by Crippen LogP contribution is 2.46. The normalized spacial score (nSPS) is 24.3. The van der Waals surface area contributed by atoms with Gasteiger partial charge in [0.25, 0.3) is 5.60 Å². The van der Waals surface area contributed by atoms with Gasteiger partial charge in [-0.25, -0.2) is 0 Å². The molecule has 1 aliphatic carbocycles. The molecule has 1 atom stereocenters. The maximum atomic E-state index is 12.6. The van der Waals surface area contributed by atoms with Crippen molar-refractivity contribution in [2.24, 2.45) is 0 Å². The van der Waals surface area contributed by atoms with Crippen LogP contribution in [0.25, 0.3) is 0 Å². The summed E-state index contributed by atoms with van der Waals surface area (Å²) in [5.74, 6) is -1.46. The highest BCUT2D eigenvalue weighted by Gasteiger charge is 2.57. The highest BCUT2D eigenvalue weighted by atomic mass is 16.5. The first-order valence-corrected chi connectivity index (χ1v) is 6.08. The minimum Gasteiger partial charge on any atom is -0.508 e. The zero-order valence-electron chi connectivity index (χ0n) is 10.9. The van der Waals surface area contributed by atoms with Gasteiger partial charge >= 0.3 is 0 Å². The van der Waals surface area contributed by atoms with Crippen LogP contribution in [0.1, 0.15) is 22.8 Å². The van der Waals surface area contributed by atoms with Crippen molar-refractivity contribution in [3.63, 3.8) is 0 Å². The van der Waals surface area contributed by atoms with Gasteiger partial charge in [0.05, 0.1) is 0 Å². The molecule has 5 heteroatoms. The summed E-state index contributed by atoms with van der Waals surface area (Å²) in [7, 11) is 0. The Labute approximate surface area is 114 Å². The van der Waals surface area contributed by atoms with Gasteiger partial charge in [-0.3, -0.25) is 9.59 Å². The quantitative estimate of drug-likeness (QED) is 0.705. The minimum absolute atomic E-state index is 0.0219. The molecule has 0 fully saturated rings. The summed E-state index contributed by atoms with van der Waals surface area (Å²) < 4.78 is 5.58. The fraction of sp³-hybridized carbons (Fsp3) is 0.200. The maximum absolute atomic E-state index is 12.6. The lowest BCUT2D eigenvalue weighted by Crippen LogP contribution is -2.50. The Kier molecular flexibility index (Phi) is 2.32. The third kappa shape index (κ3) is 1.32. The van der Waals surface area contributed by atoms with Gasteiger partial charge in [-0.15, -0.1) is 0 Å². The van der Waals surface area contributed by atoms with Crippen LogP contribution in [0.15, 0.2) is 35.6 Å². The van der Waals surface area contributed by atoms with E-state index in [0.717, 1.165) is 6.08 Å². The van der Waals surface area contributed by atoms with Crippen LogP contribution in [-0.4, -0.2) is 27.4 Å². The molecule has 0 bridgehead atoms. The van der Waals surface area contributed by atoms with E-state index in [-0.39, 0.29) is 28.4 Å². The minimum atomic E-state index is -1.88. The zero-order valence-corrected chi connectivity index (χ0v) is 10.9. The van der Waals surface area contributed by atoms with E-state index in [4.69, 9.17) is 4.74 Å². The summed E-state index contributed by atoms with van der Waals surface area (Å²) in [6, 6.07) is 3.01. The summed E-state index contributed by atoms with van der Waals surface area (Å²) in [5.41, 5.74) is -1.07. The molecule has 0 saturated heterocycles. The fourth-order valence-electron chi connectivity index (χ4n) is 2.60. The monoisotopic (exact) mass is 272 g/mol. The Morgan fingerprint density at radius 2 is 1.80 bits per heavy atom. The number of carbonyl (C=O) groups is 2. The van der Waals surface area contributed by atoms with E-state index in [1.165, 1.54) is 19.1 Å². The zero-order chi connectivity index (χ0) is 14.7. The third-order valence-corrected chi connectivity index (χ3v) is 3.69. The standard InChI is InChI=1S/C15H12O5/c1-7-5-10(17)13-11(6-7)20-15(14(13)19)8(2)9(16)3-4-12(15)18/h3-6,16-17H,1-2H3. The van der Waals surface area contributed by atoms with Gasteiger partial charge in [-0.2, -0.15) is 0 Å². The maximum Gasteiger partial charge on any atom is 0.257 e. The molecule has 1 heterocycles. The first-order chi connectivity index (χ1) is 9.37. The van der Waals surface area contributed by atoms with Crippen LogP contribution in [0.3, 0.4) is 0 Å². The average molecular weight is 272 g/mol. The van der Waals surface area contributed by atoms with Crippen molar-refractivity contribution >= 4 is 11.6 Å². The van der Waals surface area contributed by atoms with Crippen LogP contribution in [0, 0.1) is 6.92 Å². The lowest BCUT2D eigenvalue weighted by Gasteiger charge is -2.28. The molecule has 1 spiro atoms. The Morgan fingerprint density at radius 3 is 2.50 bits per heavy atom. The van der Waals surface area contributed by atoms with Gasteiger partial charge < -0.3 is 14.9 Å². The SMILES string of the molecule is CC1=C(O)C=CC(=O)C12Oc1cc(C)cc(O)c1C2=O. The molecule has 1 aromatic carbocycles. The second-order valence-electron chi connectivity index (χ2n) is 4.98.